The van der Waals surface area contributed by atoms with E-state index in [0.717, 1.165) is 26.9 Å². The minimum Gasteiger partial charge on any atom is -0.497 e. The summed E-state index contributed by atoms with van der Waals surface area (Å²) in [6.07, 6.45) is 1.87. The fourth-order valence-corrected chi connectivity index (χ4v) is 3.42. The largest absolute Gasteiger partial charge is 0.497 e. The van der Waals surface area contributed by atoms with Gasteiger partial charge in [-0.25, -0.2) is 4.98 Å². The van der Waals surface area contributed by atoms with E-state index in [0.29, 0.717) is 5.57 Å². The van der Waals surface area contributed by atoms with Gasteiger partial charge in [0.05, 0.1) is 18.4 Å². The maximum absolute atomic E-state index is 9.37. The molecule has 0 aliphatic heterocycles. The van der Waals surface area contributed by atoms with Crippen LogP contribution < -0.4 is 4.74 Å². The lowest BCUT2D eigenvalue weighted by atomic mass is 10.1. The van der Waals surface area contributed by atoms with Crippen LogP contribution >= 0.6 is 22.7 Å². The highest BCUT2D eigenvalue weighted by molar-refractivity contribution is 7.12. The Morgan fingerprint density at radius 3 is 2.91 bits per heavy atom. The lowest BCUT2D eigenvalue weighted by Gasteiger charge is -2.01. The van der Waals surface area contributed by atoms with Crippen molar-refractivity contribution in [1.29, 1.82) is 5.26 Å². The first-order chi connectivity index (χ1) is 10.8. The Morgan fingerprint density at radius 1 is 1.27 bits per heavy atom. The van der Waals surface area contributed by atoms with E-state index < -0.39 is 0 Å². The first-order valence-corrected chi connectivity index (χ1v) is 8.31. The summed E-state index contributed by atoms with van der Waals surface area (Å²) in [5.74, 6) is 0.793. The Morgan fingerprint density at radius 2 is 2.18 bits per heavy atom. The number of ether oxygens (including phenoxy) is 1. The second-order valence-corrected chi connectivity index (χ2v) is 6.29. The van der Waals surface area contributed by atoms with Gasteiger partial charge in [-0.1, -0.05) is 18.2 Å². The van der Waals surface area contributed by atoms with Crippen molar-refractivity contribution in [1.82, 2.24) is 4.98 Å². The number of nitrogens with zero attached hydrogens (tertiary/aromatic N) is 2. The number of hydrogen-bond acceptors (Lipinski definition) is 5. The van der Waals surface area contributed by atoms with Gasteiger partial charge in [0.15, 0.2) is 0 Å². The third kappa shape index (κ3) is 3.08. The molecule has 0 atom stereocenters. The summed E-state index contributed by atoms with van der Waals surface area (Å²) in [5.41, 5.74) is 2.42. The van der Waals surface area contributed by atoms with E-state index in [1.165, 1.54) is 11.3 Å². The number of benzene rings is 1. The maximum atomic E-state index is 9.37. The van der Waals surface area contributed by atoms with Crippen LogP contribution in [0.3, 0.4) is 0 Å². The zero-order valence-electron chi connectivity index (χ0n) is 11.8. The molecule has 0 aliphatic carbocycles. The molecular weight excluding hydrogens is 312 g/mol. The summed E-state index contributed by atoms with van der Waals surface area (Å²) in [7, 11) is 1.64. The van der Waals surface area contributed by atoms with Crippen molar-refractivity contribution in [2.45, 2.75) is 0 Å². The summed E-state index contributed by atoms with van der Waals surface area (Å²) in [6, 6.07) is 13.9. The van der Waals surface area contributed by atoms with Gasteiger partial charge in [-0.2, -0.15) is 5.26 Å². The molecule has 1 aromatic carbocycles. The molecule has 0 unspecified atom stereocenters. The molecule has 3 rings (SSSR count). The topological polar surface area (TPSA) is 45.9 Å². The van der Waals surface area contributed by atoms with E-state index >= 15 is 0 Å². The Balaban J connectivity index is 1.94. The first kappa shape index (κ1) is 14.5. The van der Waals surface area contributed by atoms with Crippen LogP contribution in [0.15, 0.2) is 47.2 Å². The smallest absolute Gasteiger partial charge is 0.134 e. The van der Waals surface area contributed by atoms with E-state index in [1.54, 1.807) is 18.4 Å². The summed E-state index contributed by atoms with van der Waals surface area (Å²) >= 11 is 3.08. The average molecular weight is 324 g/mol. The normalized spacial score (nSPS) is 11.2. The van der Waals surface area contributed by atoms with Crippen LogP contribution in [0, 0.1) is 11.3 Å². The summed E-state index contributed by atoms with van der Waals surface area (Å²) in [6.45, 7) is 0. The molecular formula is C17H12N2OS2. The third-order valence-corrected chi connectivity index (χ3v) is 4.75. The fourth-order valence-electron chi connectivity index (χ4n) is 1.97. The second-order valence-electron chi connectivity index (χ2n) is 4.46. The quantitative estimate of drug-likeness (QED) is 0.638. The summed E-state index contributed by atoms with van der Waals surface area (Å²) in [5, 5.41) is 14.1. The van der Waals surface area contributed by atoms with E-state index in [9.17, 15) is 5.26 Å². The summed E-state index contributed by atoms with van der Waals surface area (Å²) in [4.78, 5) is 5.64. The molecule has 0 amide bonds. The predicted octanol–water partition coefficient (Wildman–Crippen LogP) is 4.94. The minimum atomic E-state index is 0.585. The highest BCUT2D eigenvalue weighted by Crippen LogP contribution is 2.29. The molecule has 2 heterocycles. The number of rotatable bonds is 4. The number of methoxy groups -OCH3 is 1. The molecule has 0 aliphatic rings. The van der Waals surface area contributed by atoms with Crippen molar-refractivity contribution in [3.8, 4) is 23.1 Å². The molecule has 0 fully saturated rings. The minimum absolute atomic E-state index is 0.585. The van der Waals surface area contributed by atoms with Crippen LogP contribution in [0.4, 0.5) is 0 Å². The van der Waals surface area contributed by atoms with E-state index in [-0.39, 0.29) is 0 Å². The highest BCUT2D eigenvalue weighted by Gasteiger charge is 2.10. The standard InChI is InChI=1S/C17H12N2OS2/c1-20-14-5-2-4-12(8-14)16-11-22-17(19-16)13(10-18)9-15-6-3-7-21-15/h2-9,11H,1H3. The molecule has 0 radical (unpaired) electrons. The number of nitriles is 1. The van der Waals surface area contributed by atoms with Gasteiger partial charge in [0.25, 0.3) is 0 Å². The van der Waals surface area contributed by atoms with Crippen LogP contribution in [-0.4, -0.2) is 12.1 Å². The Labute approximate surface area is 136 Å². The van der Waals surface area contributed by atoms with Crippen molar-refractivity contribution < 1.29 is 4.74 Å². The number of hydrogen-bond donors (Lipinski definition) is 0. The van der Waals surface area contributed by atoms with Crippen LogP contribution in [-0.2, 0) is 0 Å². The second kappa shape index (κ2) is 6.56. The zero-order chi connectivity index (χ0) is 15.4. The zero-order valence-corrected chi connectivity index (χ0v) is 13.4. The molecule has 108 valence electrons. The van der Waals surface area contributed by atoms with Gasteiger partial charge in [0.1, 0.15) is 16.8 Å². The average Bonchev–Trinajstić information content (AvgIpc) is 3.24. The molecule has 0 saturated carbocycles. The van der Waals surface area contributed by atoms with Crippen LogP contribution in [0.2, 0.25) is 0 Å². The third-order valence-electron chi connectivity index (χ3n) is 3.05. The van der Waals surface area contributed by atoms with Gasteiger partial charge in [-0.3, -0.25) is 0 Å². The lowest BCUT2D eigenvalue weighted by Crippen LogP contribution is -1.85. The number of allylic oxidation sites excluding steroid dienone is 1. The van der Waals surface area contributed by atoms with Crippen LogP contribution in [0.25, 0.3) is 22.9 Å². The Bertz CT molecular complexity index is 842. The Hall–Kier alpha value is -2.42. The summed E-state index contributed by atoms with van der Waals surface area (Å²) < 4.78 is 5.24. The molecule has 22 heavy (non-hydrogen) atoms. The van der Waals surface area contributed by atoms with E-state index in [2.05, 4.69) is 11.1 Å². The molecule has 3 nitrogen and oxygen atoms in total. The van der Waals surface area contributed by atoms with Gasteiger partial charge in [0.2, 0.25) is 0 Å². The predicted molar refractivity (Wildman–Crippen MR) is 91.9 cm³/mol. The molecule has 0 N–H and O–H groups in total. The molecule has 0 spiro atoms. The maximum Gasteiger partial charge on any atom is 0.134 e. The number of thiazole rings is 1. The van der Waals surface area contributed by atoms with Gasteiger partial charge < -0.3 is 4.74 Å². The monoisotopic (exact) mass is 324 g/mol. The van der Waals surface area contributed by atoms with Crippen molar-refractivity contribution in [3.05, 3.63) is 57.0 Å². The number of thiophene rings is 1. The molecule has 0 bridgehead atoms. The van der Waals surface area contributed by atoms with Crippen molar-refractivity contribution in [3.63, 3.8) is 0 Å². The Kier molecular flexibility index (Phi) is 4.33. The van der Waals surface area contributed by atoms with Gasteiger partial charge in [0, 0.05) is 15.8 Å². The van der Waals surface area contributed by atoms with Gasteiger partial charge in [-0.15, -0.1) is 22.7 Å². The van der Waals surface area contributed by atoms with Crippen molar-refractivity contribution in [2.24, 2.45) is 0 Å². The van der Waals surface area contributed by atoms with E-state index in [4.69, 9.17) is 4.74 Å². The SMILES string of the molecule is COc1cccc(-c2csc(C(C#N)=Cc3cccs3)n2)c1. The molecule has 3 aromatic rings. The fraction of sp³-hybridized carbons (Fsp3) is 0.0588. The van der Waals surface area contributed by atoms with Crippen LogP contribution in [0.5, 0.6) is 5.75 Å². The first-order valence-electron chi connectivity index (χ1n) is 6.56. The molecule has 5 heteroatoms. The number of aromatic nitrogens is 1. The van der Waals surface area contributed by atoms with Crippen LogP contribution in [0.1, 0.15) is 9.88 Å². The van der Waals surface area contributed by atoms with Gasteiger partial charge >= 0.3 is 0 Å². The molecule has 0 saturated heterocycles. The molecule has 2 aromatic heterocycles. The van der Waals surface area contributed by atoms with Crippen molar-refractivity contribution >= 4 is 34.3 Å². The van der Waals surface area contributed by atoms with Gasteiger partial charge in [-0.05, 0) is 29.7 Å². The lowest BCUT2D eigenvalue weighted by molar-refractivity contribution is 0.415. The highest BCUT2D eigenvalue weighted by atomic mass is 32.1. The van der Waals surface area contributed by atoms with Crippen molar-refractivity contribution in [2.75, 3.05) is 7.11 Å². The van der Waals surface area contributed by atoms with E-state index in [1.807, 2.05) is 53.2 Å².